The van der Waals surface area contributed by atoms with Crippen molar-refractivity contribution in [2.45, 2.75) is 24.9 Å². The monoisotopic (exact) mass is 354 g/mol. The molecule has 1 aromatic heterocycles. The first-order chi connectivity index (χ1) is 10.9. The second-order valence-electron chi connectivity index (χ2n) is 4.86. The maximum Gasteiger partial charge on any atom is 0.460 e. The van der Waals surface area contributed by atoms with E-state index in [4.69, 9.17) is 0 Å². The molecule has 10 heteroatoms. The van der Waals surface area contributed by atoms with Gasteiger partial charge in [0.1, 0.15) is 5.69 Å². The summed E-state index contributed by atoms with van der Waals surface area (Å²) in [6.45, 7) is 0.906. The summed E-state index contributed by atoms with van der Waals surface area (Å²) < 4.78 is 90.9. The summed E-state index contributed by atoms with van der Waals surface area (Å²) in [5, 5.41) is 2.97. The lowest BCUT2D eigenvalue weighted by Gasteiger charge is -2.26. The Kier molecular flexibility index (Phi) is 4.19. The van der Waals surface area contributed by atoms with Crippen molar-refractivity contribution in [1.82, 2.24) is 9.78 Å². The van der Waals surface area contributed by atoms with Crippen LogP contribution in [0.15, 0.2) is 36.4 Å². The molecule has 2 aromatic rings. The summed E-state index contributed by atoms with van der Waals surface area (Å²) in [5.74, 6) is -12.9. The summed E-state index contributed by atoms with van der Waals surface area (Å²) in [6, 6.07) is 7.56. The SMILES string of the molecule is CC(=O)n1nc(C(F)(F)C(F)(F)C(F)(F)F)cc1-c1ccccc1. The largest absolute Gasteiger partial charge is 0.460 e. The summed E-state index contributed by atoms with van der Waals surface area (Å²) in [4.78, 5) is 11.5. The molecule has 0 saturated heterocycles. The molecule has 24 heavy (non-hydrogen) atoms. The Hall–Kier alpha value is -2.39. The number of aromatic nitrogens is 2. The third-order valence-corrected chi connectivity index (χ3v) is 3.15. The van der Waals surface area contributed by atoms with Crippen molar-refractivity contribution in [3.63, 3.8) is 0 Å². The second-order valence-corrected chi connectivity index (χ2v) is 4.86. The Bertz CT molecular complexity index is 750. The normalized spacial score (nSPS) is 13.2. The average Bonchev–Trinajstić information content (AvgIpc) is 2.92. The third kappa shape index (κ3) is 2.76. The first-order valence-electron chi connectivity index (χ1n) is 6.39. The fourth-order valence-corrected chi connectivity index (χ4v) is 1.93. The highest BCUT2D eigenvalue weighted by Crippen LogP contribution is 2.51. The summed E-state index contributed by atoms with van der Waals surface area (Å²) in [5.41, 5.74) is -2.02. The van der Waals surface area contributed by atoms with Crippen molar-refractivity contribution in [2.24, 2.45) is 0 Å². The van der Waals surface area contributed by atoms with Crippen LogP contribution < -0.4 is 0 Å². The average molecular weight is 354 g/mol. The molecule has 1 heterocycles. The molecule has 0 bridgehead atoms. The van der Waals surface area contributed by atoms with Crippen LogP contribution in [0.2, 0.25) is 0 Å². The quantitative estimate of drug-likeness (QED) is 0.761. The van der Waals surface area contributed by atoms with E-state index in [1.54, 1.807) is 6.07 Å². The topological polar surface area (TPSA) is 34.9 Å². The first kappa shape index (κ1) is 18.0. The summed E-state index contributed by atoms with van der Waals surface area (Å²) in [6.07, 6.45) is -6.48. The van der Waals surface area contributed by atoms with Crippen LogP contribution in [-0.4, -0.2) is 27.8 Å². The molecule has 0 aliphatic carbocycles. The highest BCUT2D eigenvalue weighted by atomic mass is 19.4. The molecule has 0 atom stereocenters. The van der Waals surface area contributed by atoms with Gasteiger partial charge < -0.3 is 0 Å². The second kappa shape index (κ2) is 5.60. The van der Waals surface area contributed by atoms with Crippen LogP contribution in [0.3, 0.4) is 0 Å². The maximum atomic E-state index is 13.7. The van der Waals surface area contributed by atoms with Gasteiger partial charge in [-0.1, -0.05) is 30.3 Å². The number of halogens is 7. The molecule has 0 saturated carbocycles. The van der Waals surface area contributed by atoms with Crippen LogP contribution in [0.1, 0.15) is 17.4 Å². The Morgan fingerprint density at radius 1 is 1.00 bits per heavy atom. The number of hydrogen-bond acceptors (Lipinski definition) is 2. The van der Waals surface area contributed by atoms with E-state index in [-0.39, 0.29) is 11.3 Å². The number of alkyl halides is 7. The fourth-order valence-electron chi connectivity index (χ4n) is 1.93. The van der Waals surface area contributed by atoms with Crippen molar-refractivity contribution in [1.29, 1.82) is 0 Å². The number of carbonyl (C=O) groups is 1. The minimum Gasteiger partial charge on any atom is -0.273 e. The van der Waals surface area contributed by atoms with Gasteiger partial charge in [0.15, 0.2) is 0 Å². The molecule has 0 fully saturated rings. The first-order valence-corrected chi connectivity index (χ1v) is 6.39. The molecule has 0 N–H and O–H groups in total. The Balaban J connectivity index is 2.63. The number of rotatable bonds is 3. The van der Waals surface area contributed by atoms with E-state index in [2.05, 4.69) is 5.10 Å². The van der Waals surface area contributed by atoms with Gasteiger partial charge in [0, 0.05) is 12.5 Å². The lowest BCUT2D eigenvalue weighted by molar-refractivity contribution is -0.360. The van der Waals surface area contributed by atoms with Gasteiger partial charge in [-0.25, -0.2) is 0 Å². The van der Waals surface area contributed by atoms with Crippen LogP contribution in [0.4, 0.5) is 30.7 Å². The smallest absolute Gasteiger partial charge is 0.273 e. The molecule has 1 aromatic carbocycles. The van der Waals surface area contributed by atoms with Crippen molar-refractivity contribution < 1.29 is 35.5 Å². The lowest BCUT2D eigenvalue weighted by atomic mass is 10.1. The number of carbonyl (C=O) groups excluding carboxylic acids is 1. The molecule has 3 nitrogen and oxygen atoms in total. The van der Waals surface area contributed by atoms with E-state index in [1.165, 1.54) is 24.3 Å². The van der Waals surface area contributed by atoms with Gasteiger partial charge >= 0.3 is 18.0 Å². The van der Waals surface area contributed by atoms with E-state index >= 15 is 0 Å². The number of hydrogen-bond donors (Lipinski definition) is 0. The molecule has 0 unspecified atom stereocenters. The van der Waals surface area contributed by atoms with E-state index in [9.17, 15) is 35.5 Å². The minimum absolute atomic E-state index is 0.151. The molecule has 0 amide bonds. The van der Waals surface area contributed by atoms with E-state index in [0.29, 0.717) is 10.7 Å². The van der Waals surface area contributed by atoms with Crippen LogP contribution >= 0.6 is 0 Å². The highest BCUT2D eigenvalue weighted by Gasteiger charge is 2.74. The van der Waals surface area contributed by atoms with Crippen LogP contribution in [-0.2, 0) is 5.92 Å². The maximum absolute atomic E-state index is 13.7. The molecular formula is C14H9F7N2O. The zero-order valence-corrected chi connectivity index (χ0v) is 11.9. The van der Waals surface area contributed by atoms with Crippen molar-refractivity contribution >= 4 is 5.91 Å². The third-order valence-electron chi connectivity index (χ3n) is 3.15. The summed E-state index contributed by atoms with van der Waals surface area (Å²) >= 11 is 0. The minimum atomic E-state index is -6.48. The van der Waals surface area contributed by atoms with Crippen molar-refractivity contribution in [2.75, 3.05) is 0 Å². The van der Waals surface area contributed by atoms with Gasteiger partial charge in [-0.15, -0.1) is 0 Å². The Morgan fingerprint density at radius 2 is 1.54 bits per heavy atom. The predicted octanol–water partition coefficient (Wildman–Crippen LogP) is 4.50. The standard InChI is InChI=1S/C14H9F7N2O/c1-8(24)23-10(9-5-3-2-4-6-9)7-11(22-23)12(15,16)13(17,18)14(19,20)21/h2-7H,1H3. The zero-order valence-electron chi connectivity index (χ0n) is 11.9. The van der Waals surface area contributed by atoms with Gasteiger partial charge in [-0.3, -0.25) is 4.79 Å². The molecule has 0 radical (unpaired) electrons. The van der Waals surface area contributed by atoms with Gasteiger partial charge in [-0.05, 0) is 6.07 Å². The lowest BCUT2D eigenvalue weighted by Crippen LogP contribution is -2.50. The van der Waals surface area contributed by atoms with E-state index in [1.807, 2.05) is 0 Å². The van der Waals surface area contributed by atoms with Gasteiger partial charge in [0.25, 0.3) is 0 Å². The molecule has 0 aliphatic rings. The molecular weight excluding hydrogens is 345 g/mol. The van der Waals surface area contributed by atoms with E-state index in [0.717, 1.165) is 6.92 Å². The number of benzene rings is 1. The highest BCUT2D eigenvalue weighted by molar-refractivity contribution is 5.81. The molecule has 0 aliphatic heterocycles. The molecule has 130 valence electrons. The fraction of sp³-hybridized carbons (Fsp3) is 0.286. The Labute approximate surface area is 130 Å². The van der Waals surface area contributed by atoms with Crippen LogP contribution in [0.5, 0.6) is 0 Å². The van der Waals surface area contributed by atoms with Gasteiger partial charge in [-0.2, -0.15) is 40.5 Å². The predicted molar refractivity (Wildman–Crippen MR) is 68.9 cm³/mol. The molecule has 0 spiro atoms. The van der Waals surface area contributed by atoms with Crippen molar-refractivity contribution in [3.8, 4) is 11.3 Å². The molecule has 2 rings (SSSR count). The van der Waals surface area contributed by atoms with Gasteiger partial charge in [0.2, 0.25) is 5.91 Å². The zero-order chi connectivity index (χ0) is 18.3. The van der Waals surface area contributed by atoms with Crippen molar-refractivity contribution in [3.05, 3.63) is 42.1 Å². The van der Waals surface area contributed by atoms with E-state index < -0.39 is 29.6 Å². The van der Waals surface area contributed by atoms with Crippen LogP contribution in [0.25, 0.3) is 11.3 Å². The summed E-state index contributed by atoms with van der Waals surface area (Å²) in [7, 11) is 0. The van der Waals surface area contributed by atoms with Crippen LogP contribution in [0, 0.1) is 0 Å². The Morgan fingerprint density at radius 3 is 2.00 bits per heavy atom. The van der Waals surface area contributed by atoms with Gasteiger partial charge in [0.05, 0.1) is 5.69 Å². The number of nitrogens with zero attached hydrogens (tertiary/aromatic N) is 2.